The fourth-order valence-electron chi connectivity index (χ4n) is 2.74. The fraction of sp³-hybridized carbons (Fsp3) is 0.857. The molecule has 15 heavy (non-hydrogen) atoms. The molecule has 0 spiro atoms. The summed E-state index contributed by atoms with van der Waals surface area (Å²) < 4.78 is 0. The molecule has 0 aromatic carbocycles. The van der Waals surface area contributed by atoms with E-state index in [-0.39, 0.29) is 0 Å². The maximum Gasteiger partial charge on any atom is 0.114 e. The minimum Gasteiger partial charge on any atom is -0.0746 e. The van der Waals surface area contributed by atoms with Gasteiger partial charge in [0.15, 0.2) is 0 Å². The van der Waals surface area contributed by atoms with E-state index in [4.69, 9.17) is 0 Å². The Kier molecular flexibility index (Phi) is 6.32. The van der Waals surface area contributed by atoms with E-state index in [0.717, 1.165) is 5.92 Å². The van der Waals surface area contributed by atoms with Gasteiger partial charge < -0.3 is 0 Å². The van der Waals surface area contributed by atoms with Crippen molar-refractivity contribution in [3.8, 4) is 0 Å². The van der Waals surface area contributed by atoms with Crippen LogP contribution >= 0.6 is 0 Å². The largest absolute Gasteiger partial charge is 0.114 e. The number of allylic oxidation sites excluding steroid dienone is 2. The predicted molar refractivity (Wildman–Crippen MR) is 74.3 cm³/mol. The highest BCUT2D eigenvalue weighted by molar-refractivity contribution is 6.17. The molecule has 1 atom stereocenters. The molecule has 88 valence electrons. The van der Waals surface area contributed by atoms with Gasteiger partial charge in [0.1, 0.15) is 7.85 Å². The number of rotatable bonds is 6. The van der Waals surface area contributed by atoms with Crippen LogP contribution in [0.2, 0.25) is 5.31 Å². The van der Waals surface area contributed by atoms with Crippen molar-refractivity contribution in [2.75, 3.05) is 0 Å². The van der Waals surface area contributed by atoms with Gasteiger partial charge in [0, 0.05) is 0 Å². The van der Waals surface area contributed by atoms with Gasteiger partial charge in [-0.1, -0.05) is 52.2 Å². The summed E-state index contributed by atoms with van der Waals surface area (Å²) in [4.78, 5) is 0. The van der Waals surface area contributed by atoms with Gasteiger partial charge in [-0.25, -0.2) is 0 Å². The van der Waals surface area contributed by atoms with E-state index in [2.05, 4.69) is 49.4 Å². The van der Waals surface area contributed by atoms with Crippen LogP contribution in [-0.4, -0.2) is 7.85 Å². The van der Waals surface area contributed by atoms with Gasteiger partial charge in [0.05, 0.1) is 0 Å². The van der Waals surface area contributed by atoms with E-state index in [1.165, 1.54) is 25.7 Å². The van der Waals surface area contributed by atoms with Gasteiger partial charge in [0.2, 0.25) is 0 Å². The zero-order chi connectivity index (χ0) is 12.1. The van der Waals surface area contributed by atoms with Crippen LogP contribution in [0.15, 0.2) is 11.1 Å². The molecule has 0 rings (SSSR count). The van der Waals surface area contributed by atoms with E-state index in [1.807, 2.05) is 0 Å². The van der Waals surface area contributed by atoms with Crippen LogP contribution in [0.3, 0.4) is 0 Å². The van der Waals surface area contributed by atoms with Gasteiger partial charge in [-0.05, 0) is 37.4 Å². The molecule has 0 saturated heterocycles. The van der Waals surface area contributed by atoms with Crippen molar-refractivity contribution in [2.24, 2.45) is 5.92 Å². The molecule has 0 bridgehead atoms. The maximum atomic E-state index is 2.41. The zero-order valence-electron chi connectivity index (χ0n) is 11.9. The Morgan fingerprint density at radius 1 is 1.27 bits per heavy atom. The van der Waals surface area contributed by atoms with Gasteiger partial charge in [-0.2, -0.15) is 0 Å². The third kappa shape index (κ3) is 4.90. The lowest BCUT2D eigenvalue weighted by molar-refractivity contribution is 0.487. The van der Waals surface area contributed by atoms with Crippen LogP contribution in [0.5, 0.6) is 0 Å². The van der Waals surface area contributed by atoms with E-state index in [9.17, 15) is 0 Å². The maximum absolute atomic E-state index is 2.41. The molecule has 0 radical (unpaired) electrons. The Hall–Kier alpha value is -0.195. The summed E-state index contributed by atoms with van der Waals surface area (Å²) in [5.74, 6) is 0.788. The van der Waals surface area contributed by atoms with Crippen molar-refractivity contribution < 1.29 is 0 Å². The lowest BCUT2D eigenvalue weighted by Crippen LogP contribution is -2.16. The van der Waals surface area contributed by atoms with E-state index in [1.54, 1.807) is 11.1 Å². The van der Waals surface area contributed by atoms with Crippen molar-refractivity contribution in [1.82, 2.24) is 0 Å². The minimum absolute atomic E-state index is 0.393. The van der Waals surface area contributed by atoms with Crippen molar-refractivity contribution in [3.05, 3.63) is 11.1 Å². The Bertz CT molecular complexity index is 211. The summed E-state index contributed by atoms with van der Waals surface area (Å²) in [6, 6.07) is 0. The van der Waals surface area contributed by atoms with E-state index in [0.29, 0.717) is 5.31 Å². The van der Waals surface area contributed by atoms with Crippen molar-refractivity contribution in [1.29, 1.82) is 0 Å². The fourth-order valence-corrected chi connectivity index (χ4v) is 2.74. The van der Waals surface area contributed by atoms with Gasteiger partial charge in [0.25, 0.3) is 0 Å². The lowest BCUT2D eigenvalue weighted by Gasteiger charge is -2.32. The molecule has 0 aliphatic heterocycles. The van der Waals surface area contributed by atoms with Crippen LogP contribution in [0.1, 0.15) is 67.2 Å². The average Bonchev–Trinajstić information content (AvgIpc) is 2.10. The number of hydrogen-bond donors (Lipinski definition) is 0. The van der Waals surface area contributed by atoms with Crippen molar-refractivity contribution in [2.45, 2.75) is 72.5 Å². The summed E-state index contributed by atoms with van der Waals surface area (Å²) >= 11 is 0. The molecule has 0 aliphatic rings. The molecule has 0 aromatic rings. The Balaban J connectivity index is 4.90. The molecular weight excluding hydrogens is 179 g/mol. The topological polar surface area (TPSA) is 0 Å². The van der Waals surface area contributed by atoms with Crippen LogP contribution in [0, 0.1) is 5.92 Å². The third-order valence-electron chi connectivity index (χ3n) is 3.28. The first-order valence-electron chi connectivity index (χ1n) is 6.54. The highest BCUT2D eigenvalue weighted by atomic mass is 14.3. The highest BCUT2D eigenvalue weighted by Crippen LogP contribution is 2.42. The summed E-state index contributed by atoms with van der Waals surface area (Å²) in [7, 11) is 2.41. The molecule has 0 fully saturated rings. The Morgan fingerprint density at radius 3 is 2.13 bits per heavy atom. The zero-order valence-corrected chi connectivity index (χ0v) is 11.9. The van der Waals surface area contributed by atoms with E-state index < -0.39 is 0 Å². The molecule has 0 amide bonds. The summed E-state index contributed by atoms with van der Waals surface area (Å²) in [5, 5.41) is 0.393. The SMILES string of the molecule is BC(C)(CC(C)C)/C(CCC)=C(/C)CC. The smallest absolute Gasteiger partial charge is 0.0746 e. The summed E-state index contributed by atoms with van der Waals surface area (Å²) in [5.41, 5.74) is 3.32. The number of hydrogen-bond acceptors (Lipinski definition) is 0. The average molecular weight is 208 g/mol. The van der Waals surface area contributed by atoms with Crippen LogP contribution < -0.4 is 0 Å². The van der Waals surface area contributed by atoms with Crippen LogP contribution in [0.4, 0.5) is 0 Å². The second-order valence-corrected chi connectivity index (χ2v) is 5.84. The first-order valence-corrected chi connectivity index (χ1v) is 6.54. The Morgan fingerprint density at radius 2 is 1.80 bits per heavy atom. The first kappa shape index (κ1) is 14.8. The molecule has 0 N–H and O–H groups in total. The standard InChI is InChI=1S/C14H29B/c1-7-9-13(12(5)8-2)14(6,15)10-11(3)4/h11H,7-10,15H2,1-6H3/b13-12-. The van der Waals surface area contributed by atoms with Crippen LogP contribution in [0.25, 0.3) is 0 Å². The van der Waals surface area contributed by atoms with Gasteiger partial charge >= 0.3 is 0 Å². The second-order valence-electron chi connectivity index (χ2n) is 5.84. The normalized spacial score (nSPS) is 17.5. The van der Waals surface area contributed by atoms with Gasteiger partial charge in [-0.15, -0.1) is 0 Å². The highest BCUT2D eigenvalue weighted by Gasteiger charge is 2.24. The lowest BCUT2D eigenvalue weighted by atomic mass is 9.59. The van der Waals surface area contributed by atoms with E-state index >= 15 is 0 Å². The third-order valence-corrected chi connectivity index (χ3v) is 3.28. The van der Waals surface area contributed by atoms with Gasteiger partial charge in [-0.3, -0.25) is 0 Å². The predicted octanol–water partition coefficient (Wildman–Crippen LogP) is 4.37. The molecule has 0 aromatic heterocycles. The molecule has 0 saturated carbocycles. The second kappa shape index (κ2) is 6.40. The quantitative estimate of drug-likeness (QED) is 0.449. The first-order chi connectivity index (χ1) is 6.85. The summed E-state index contributed by atoms with van der Waals surface area (Å²) in [6.07, 6.45) is 5.06. The molecule has 0 nitrogen and oxygen atoms in total. The molecule has 1 heteroatoms. The van der Waals surface area contributed by atoms with Crippen molar-refractivity contribution >= 4 is 7.85 Å². The monoisotopic (exact) mass is 208 g/mol. The molecular formula is C14H29B. The molecule has 0 aliphatic carbocycles. The minimum atomic E-state index is 0.393. The summed E-state index contributed by atoms with van der Waals surface area (Å²) in [6.45, 7) is 13.9. The molecule has 0 heterocycles. The molecule has 1 unspecified atom stereocenters. The Labute approximate surface area is 97.9 Å². The van der Waals surface area contributed by atoms with Crippen LogP contribution in [-0.2, 0) is 0 Å². The van der Waals surface area contributed by atoms with Crippen molar-refractivity contribution in [3.63, 3.8) is 0 Å².